The number of benzene rings is 1. The standard InChI is InChI=1S/C15H21BrN2O3/c1-3-10(2)14(15(20)21)17-9-8-13(19)18-12-7-5-4-6-11(12)16/h4-7,10,14,17H,3,8-9H2,1-2H3,(H,18,19)(H,20,21)/t10-,14-/m0/s1. The van der Waals surface area contributed by atoms with E-state index in [1.54, 1.807) is 6.07 Å². The Morgan fingerprint density at radius 2 is 2.00 bits per heavy atom. The zero-order valence-corrected chi connectivity index (χ0v) is 13.8. The van der Waals surface area contributed by atoms with E-state index in [1.165, 1.54) is 0 Å². The van der Waals surface area contributed by atoms with Gasteiger partial charge in [0.15, 0.2) is 0 Å². The fraction of sp³-hybridized carbons (Fsp3) is 0.467. The number of hydrogen-bond acceptors (Lipinski definition) is 3. The van der Waals surface area contributed by atoms with Gasteiger partial charge >= 0.3 is 5.97 Å². The van der Waals surface area contributed by atoms with Crippen molar-refractivity contribution in [3.05, 3.63) is 28.7 Å². The third kappa shape index (κ3) is 5.85. The zero-order valence-electron chi connectivity index (χ0n) is 12.2. The number of rotatable bonds is 8. The molecule has 0 saturated carbocycles. The van der Waals surface area contributed by atoms with Gasteiger partial charge in [0.25, 0.3) is 0 Å². The molecule has 0 aromatic heterocycles. The Balaban J connectivity index is 2.43. The minimum absolute atomic E-state index is 0.0221. The molecule has 1 aromatic rings. The fourth-order valence-electron chi connectivity index (χ4n) is 1.88. The number of amides is 1. The summed E-state index contributed by atoms with van der Waals surface area (Å²) < 4.78 is 0.814. The third-order valence-corrected chi connectivity index (χ3v) is 4.03. The lowest BCUT2D eigenvalue weighted by atomic mass is 9.99. The van der Waals surface area contributed by atoms with Crippen molar-refractivity contribution >= 4 is 33.5 Å². The summed E-state index contributed by atoms with van der Waals surface area (Å²) in [5, 5.41) is 14.9. The highest BCUT2D eigenvalue weighted by Gasteiger charge is 2.22. The highest BCUT2D eigenvalue weighted by Crippen LogP contribution is 2.21. The van der Waals surface area contributed by atoms with Crippen LogP contribution in [0.1, 0.15) is 26.7 Å². The van der Waals surface area contributed by atoms with Crippen LogP contribution in [0.25, 0.3) is 0 Å². The molecule has 0 saturated heterocycles. The molecule has 5 nitrogen and oxygen atoms in total. The van der Waals surface area contributed by atoms with Crippen LogP contribution in [0.5, 0.6) is 0 Å². The second-order valence-corrected chi connectivity index (χ2v) is 5.79. The van der Waals surface area contributed by atoms with E-state index in [0.29, 0.717) is 12.2 Å². The SMILES string of the molecule is CC[C@H](C)[C@H](NCCC(=O)Nc1ccccc1Br)C(=O)O. The maximum atomic E-state index is 11.8. The molecule has 0 aliphatic rings. The first kappa shape index (κ1) is 17.7. The van der Waals surface area contributed by atoms with E-state index in [-0.39, 0.29) is 18.2 Å². The van der Waals surface area contributed by atoms with Gasteiger partial charge in [-0.05, 0) is 34.0 Å². The minimum Gasteiger partial charge on any atom is -0.480 e. The van der Waals surface area contributed by atoms with Crippen molar-refractivity contribution in [3.8, 4) is 0 Å². The van der Waals surface area contributed by atoms with Crippen LogP contribution in [0.4, 0.5) is 5.69 Å². The van der Waals surface area contributed by atoms with E-state index < -0.39 is 12.0 Å². The lowest BCUT2D eigenvalue weighted by Gasteiger charge is -2.20. The quantitative estimate of drug-likeness (QED) is 0.669. The summed E-state index contributed by atoms with van der Waals surface area (Å²) in [6, 6.07) is 6.73. The summed E-state index contributed by atoms with van der Waals surface area (Å²) in [6.07, 6.45) is 0.995. The van der Waals surface area contributed by atoms with E-state index in [0.717, 1.165) is 10.9 Å². The largest absolute Gasteiger partial charge is 0.480 e. The number of hydrogen-bond donors (Lipinski definition) is 3. The molecular weight excluding hydrogens is 336 g/mol. The molecule has 0 aliphatic carbocycles. The minimum atomic E-state index is -0.879. The molecule has 1 aromatic carbocycles. The number of carbonyl (C=O) groups is 2. The predicted molar refractivity (Wildman–Crippen MR) is 86.3 cm³/mol. The summed E-state index contributed by atoms with van der Waals surface area (Å²) in [6.45, 7) is 4.16. The molecule has 116 valence electrons. The highest BCUT2D eigenvalue weighted by molar-refractivity contribution is 9.10. The molecule has 0 radical (unpaired) electrons. The van der Waals surface area contributed by atoms with Crippen LogP contribution in [0, 0.1) is 5.92 Å². The molecular formula is C15H21BrN2O3. The lowest BCUT2D eigenvalue weighted by molar-refractivity contribution is -0.141. The average molecular weight is 357 g/mol. The van der Waals surface area contributed by atoms with Crippen molar-refractivity contribution in [1.82, 2.24) is 5.32 Å². The maximum absolute atomic E-state index is 11.8. The summed E-state index contributed by atoms with van der Waals surface area (Å²) >= 11 is 3.36. The predicted octanol–water partition coefficient (Wildman–Crippen LogP) is 2.87. The fourth-order valence-corrected chi connectivity index (χ4v) is 2.27. The maximum Gasteiger partial charge on any atom is 0.320 e. The number of para-hydroxylation sites is 1. The number of carboxylic acids is 1. The lowest BCUT2D eigenvalue weighted by Crippen LogP contribution is -2.42. The van der Waals surface area contributed by atoms with Gasteiger partial charge in [-0.1, -0.05) is 32.4 Å². The van der Waals surface area contributed by atoms with Gasteiger partial charge < -0.3 is 15.7 Å². The molecule has 0 aliphatic heterocycles. The van der Waals surface area contributed by atoms with E-state index in [2.05, 4.69) is 26.6 Å². The third-order valence-electron chi connectivity index (χ3n) is 3.34. The van der Waals surface area contributed by atoms with Crippen LogP contribution in [0.2, 0.25) is 0 Å². The monoisotopic (exact) mass is 356 g/mol. The molecule has 6 heteroatoms. The van der Waals surface area contributed by atoms with Crippen molar-refractivity contribution < 1.29 is 14.7 Å². The van der Waals surface area contributed by atoms with Crippen LogP contribution in [0.3, 0.4) is 0 Å². The van der Waals surface area contributed by atoms with Gasteiger partial charge in [0.2, 0.25) is 5.91 Å². The first-order valence-electron chi connectivity index (χ1n) is 6.96. The molecule has 1 rings (SSSR count). The van der Waals surface area contributed by atoms with Crippen molar-refractivity contribution in [2.24, 2.45) is 5.92 Å². The van der Waals surface area contributed by atoms with Gasteiger partial charge in [-0.25, -0.2) is 0 Å². The van der Waals surface area contributed by atoms with Crippen LogP contribution < -0.4 is 10.6 Å². The van der Waals surface area contributed by atoms with Gasteiger partial charge in [0.05, 0.1) is 5.69 Å². The Kier molecular flexibility index (Phi) is 7.39. The molecule has 0 fully saturated rings. The summed E-state index contributed by atoms with van der Waals surface area (Å²) in [7, 11) is 0. The molecule has 0 unspecified atom stereocenters. The van der Waals surface area contributed by atoms with Crippen molar-refractivity contribution in [1.29, 1.82) is 0 Å². The number of halogens is 1. The number of nitrogens with one attached hydrogen (secondary N) is 2. The molecule has 3 N–H and O–H groups in total. The second kappa shape index (κ2) is 8.79. The van der Waals surface area contributed by atoms with Gasteiger partial charge in [-0.3, -0.25) is 9.59 Å². The van der Waals surface area contributed by atoms with E-state index >= 15 is 0 Å². The van der Waals surface area contributed by atoms with Crippen molar-refractivity contribution in [3.63, 3.8) is 0 Å². The Bertz CT molecular complexity index is 494. The molecule has 2 atom stereocenters. The molecule has 0 spiro atoms. The van der Waals surface area contributed by atoms with Crippen LogP contribution in [-0.2, 0) is 9.59 Å². The Morgan fingerprint density at radius 3 is 2.57 bits per heavy atom. The van der Waals surface area contributed by atoms with Gasteiger partial charge in [0.1, 0.15) is 6.04 Å². The van der Waals surface area contributed by atoms with Gasteiger partial charge in [0, 0.05) is 17.4 Å². The van der Waals surface area contributed by atoms with Gasteiger partial charge in [-0.15, -0.1) is 0 Å². The van der Waals surface area contributed by atoms with Gasteiger partial charge in [-0.2, -0.15) is 0 Å². The number of carboxylic acid groups (broad SMARTS) is 1. The van der Waals surface area contributed by atoms with Crippen molar-refractivity contribution in [2.75, 3.05) is 11.9 Å². The van der Waals surface area contributed by atoms with Crippen LogP contribution in [-0.4, -0.2) is 29.6 Å². The van der Waals surface area contributed by atoms with Crippen molar-refractivity contribution in [2.45, 2.75) is 32.7 Å². The second-order valence-electron chi connectivity index (χ2n) is 4.93. The number of anilines is 1. The zero-order chi connectivity index (χ0) is 15.8. The number of aliphatic carboxylic acids is 1. The topological polar surface area (TPSA) is 78.4 Å². The summed E-state index contributed by atoms with van der Waals surface area (Å²) in [5.41, 5.74) is 0.708. The first-order chi connectivity index (χ1) is 9.95. The highest BCUT2D eigenvalue weighted by atomic mass is 79.9. The molecule has 21 heavy (non-hydrogen) atoms. The summed E-state index contributed by atoms with van der Waals surface area (Å²) in [4.78, 5) is 23.0. The van der Waals surface area contributed by atoms with Crippen LogP contribution in [0.15, 0.2) is 28.7 Å². The smallest absolute Gasteiger partial charge is 0.320 e. The Labute approximate surface area is 133 Å². The van der Waals surface area contributed by atoms with E-state index in [1.807, 2.05) is 32.0 Å². The van der Waals surface area contributed by atoms with Crippen LogP contribution >= 0.6 is 15.9 Å². The van der Waals surface area contributed by atoms with E-state index in [4.69, 9.17) is 5.11 Å². The number of carbonyl (C=O) groups excluding carboxylic acids is 1. The molecule has 1 amide bonds. The first-order valence-corrected chi connectivity index (χ1v) is 7.75. The molecule has 0 heterocycles. The average Bonchev–Trinajstić information content (AvgIpc) is 2.45. The summed E-state index contributed by atoms with van der Waals surface area (Å²) in [5.74, 6) is -1.01. The molecule has 0 bridgehead atoms. The normalized spacial score (nSPS) is 13.5. The Morgan fingerprint density at radius 1 is 1.33 bits per heavy atom. The Hall–Kier alpha value is -1.40. The van der Waals surface area contributed by atoms with E-state index in [9.17, 15) is 9.59 Å².